The van der Waals surface area contributed by atoms with Gasteiger partial charge in [0.2, 0.25) is 5.91 Å². The molecule has 0 aliphatic heterocycles. The van der Waals surface area contributed by atoms with Crippen LogP contribution in [0, 0.1) is 0 Å². The standard InChI is InChI=1S/C22H19BrN2O2/c23-18-12-10-16(11-13-18)14-21(26)25-20-9-5-4-8-19(20)22(27)24-15-17-6-2-1-3-7-17/h1-13H,14-15H2,(H,24,27)(H,25,26). The zero-order valence-corrected chi connectivity index (χ0v) is 16.2. The summed E-state index contributed by atoms with van der Waals surface area (Å²) in [5, 5.41) is 5.73. The van der Waals surface area contributed by atoms with Gasteiger partial charge in [0.05, 0.1) is 17.7 Å². The molecule has 0 aliphatic rings. The molecule has 0 radical (unpaired) electrons. The quantitative estimate of drug-likeness (QED) is 0.611. The molecule has 0 spiro atoms. The number of para-hydroxylation sites is 1. The largest absolute Gasteiger partial charge is 0.348 e. The van der Waals surface area contributed by atoms with Gasteiger partial charge in [0.25, 0.3) is 5.91 Å². The Bertz CT molecular complexity index is 925. The van der Waals surface area contributed by atoms with Gasteiger partial charge in [0.15, 0.2) is 0 Å². The topological polar surface area (TPSA) is 58.2 Å². The number of anilines is 1. The van der Waals surface area contributed by atoms with Crippen LogP contribution in [0.3, 0.4) is 0 Å². The molecule has 3 aromatic rings. The van der Waals surface area contributed by atoms with Crippen LogP contribution in [0.25, 0.3) is 0 Å². The van der Waals surface area contributed by atoms with Gasteiger partial charge in [-0.2, -0.15) is 0 Å². The Morgan fingerprint density at radius 3 is 2.19 bits per heavy atom. The van der Waals surface area contributed by atoms with Crippen LogP contribution in [0.15, 0.2) is 83.3 Å². The highest BCUT2D eigenvalue weighted by atomic mass is 79.9. The van der Waals surface area contributed by atoms with Crippen LogP contribution in [0.2, 0.25) is 0 Å². The molecule has 0 bridgehead atoms. The summed E-state index contributed by atoms with van der Waals surface area (Å²) in [5.74, 6) is -0.390. The van der Waals surface area contributed by atoms with Crippen molar-refractivity contribution in [2.45, 2.75) is 13.0 Å². The fourth-order valence-corrected chi connectivity index (χ4v) is 2.91. The average Bonchev–Trinajstić information content (AvgIpc) is 2.69. The Morgan fingerprint density at radius 1 is 0.778 bits per heavy atom. The number of rotatable bonds is 6. The molecule has 3 rings (SSSR count). The smallest absolute Gasteiger partial charge is 0.253 e. The van der Waals surface area contributed by atoms with Crippen molar-refractivity contribution >= 4 is 33.4 Å². The van der Waals surface area contributed by atoms with Gasteiger partial charge >= 0.3 is 0 Å². The first kappa shape index (κ1) is 18.9. The van der Waals surface area contributed by atoms with Crippen LogP contribution in [0.5, 0.6) is 0 Å². The van der Waals surface area contributed by atoms with E-state index in [0.717, 1.165) is 15.6 Å². The van der Waals surface area contributed by atoms with Crippen LogP contribution in [0.1, 0.15) is 21.5 Å². The van der Waals surface area contributed by atoms with Crippen molar-refractivity contribution in [1.29, 1.82) is 0 Å². The van der Waals surface area contributed by atoms with Crippen molar-refractivity contribution in [3.8, 4) is 0 Å². The van der Waals surface area contributed by atoms with E-state index in [4.69, 9.17) is 0 Å². The van der Waals surface area contributed by atoms with Gasteiger partial charge in [-0.05, 0) is 35.4 Å². The van der Waals surface area contributed by atoms with Gasteiger partial charge in [-0.3, -0.25) is 9.59 Å². The maximum atomic E-state index is 12.5. The molecular formula is C22H19BrN2O2. The van der Waals surface area contributed by atoms with Gasteiger partial charge in [-0.25, -0.2) is 0 Å². The van der Waals surface area contributed by atoms with Gasteiger partial charge in [-0.15, -0.1) is 0 Å². The second kappa shape index (κ2) is 9.14. The fraction of sp³-hybridized carbons (Fsp3) is 0.0909. The normalized spacial score (nSPS) is 10.3. The molecule has 4 nitrogen and oxygen atoms in total. The van der Waals surface area contributed by atoms with E-state index in [9.17, 15) is 9.59 Å². The molecule has 5 heteroatoms. The molecule has 0 saturated carbocycles. The number of halogens is 1. The summed E-state index contributed by atoms with van der Waals surface area (Å²) in [6.07, 6.45) is 0.243. The lowest BCUT2D eigenvalue weighted by Crippen LogP contribution is -2.25. The molecule has 0 unspecified atom stereocenters. The van der Waals surface area contributed by atoms with Crippen molar-refractivity contribution in [1.82, 2.24) is 5.32 Å². The Labute approximate surface area is 166 Å². The van der Waals surface area contributed by atoms with Crippen molar-refractivity contribution in [3.63, 3.8) is 0 Å². The minimum Gasteiger partial charge on any atom is -0.348 e. The van der Waals surface area contributed by atoms with Crippen LogP contribution in [0.4, 0.5) is 5.69 Å². The third-order valence-electron chi connectivity index (χ3n) is 4.02. The predicted molar refractivity (Wildman–Crippen MR) is 111 cm³/mol. The molecule has 136 valence electrons. The van der Waals surface area contributed by atoms with E-state index in [0.29, 0.717) is 17.8 Å². The van der Waals surface area contributed by atoms with Crippen molar-refractivity contribution < 1.29 is 9.59 Å². The van der Waals surface area contributed by atoms with Gasteiger partial charge < -0.3 is 10.6 Å². The molecule has 2 N–H and O–H groups in total. The lowest BCUT2D eigenvalue weighted by atomic mass is 10.1. The summed E-state index contributed by atoms with van der Waals surface area (Å²) in [7, 11) is 0. The lowest BCUT2D eigenvalue weighted by Gasteiger charge is -2.12. The van der Waals surface area contributed by atoms with Crippen LogP contribution in [-0.4, -0.2) is 11.8 Å². The van der Waals surface area contributed by atoms with E-state index >= 15 is 0 Å². The Morgan fingerprint density at radius 2 is 1.44 bits per heavy atom. The number of hydrogen-bond donors (Lipinski definition) is 2. The van der Waals surface area contributed by atoms with Crippen LogP contribution in [-0.2, 0) is 17.8 Å². The van der Waals surface area contributed by atoms with E-state index in [2.05, 4.69) is 26.6 Å². The second-order valence-electron chi connectivity index (χ2n) is 6.07. The summed E-state index contributed by atoms with van der Waals surface area (Å²) >= 11 is 3.38. The first-order chi connectivity index (χ1) is 13.1. The number of amides is 2. The number of benzene rings is 3. The molecule has 0 aromatic heterocycles. The van der Waals surface area contributed by atoms with Gasteiger partial charge in [-0.1, -0.05) is 70.5 Å². The van der Waals surface area contributed by atoms with Gasteiger partial charge in [0.1, 0.15) is 0 Å². The zero-order valence-electron chi connectivity index (χ0n) is 14.6. The molecule has 2 amide bonds. The highest BCUT2D eigenvalue weighted by Gasteiger charge is 2.13. The third-order valence-corrected chi connectivity index (χ3v) is 4.55. The molecule has 0 atom stereocenters. The summed E-state index contributed by atoms with van der Waals surface area (Å²) in [6, 6.07) is 24.3. The molecular weight excluding hydrogens is 404 g/mol. The van der Waals surface area contributed by atoms with E-state index in [1.54, 1.807) is 24.3 Å². The molecule has 0 aliphatic carbocycles. The van der Waals surface area contributed by atoms with Crippen molar-refractivity contribution in [2.24, 2.45) is 0 Å². The van der Waals surface area contributed by atoms with Crippen molar-refractivity contribution in [3.05, 3.63) is 100 Å². The highest BCUT2D eigenvalue weighted by molar-refractivity contribution is 9.10. The minimum atomic E-state index is -0.224. The number of hydrogen-bond acceptors (Lipinski definition) is 2. The summed E-state index contributed by atoms with van der Waals surface area (Å²) < 4.78 is 0.965. The number of carbonyl (C=O) groups excluding carboxylic acids is 2. The first-order valence-corrected chi connectivity index (χ1v) is 9.36. The maximum Gasteiger partial charge on any atom is 0.253 e. The van der Waals surface area contributed by atoms with E-state index in [1.807, 2.05) is 54.6 Å². The van der Waals surface area contributed by atoms with Crippen LogP contribution >= 0.6 is 15.9 Å². The minimum absolute atomic E-state index is 0.166. The van der Waals surface area contributed by atoms with E-state index < -0.39 is 0 Å². The summed E-state index contributed by atoms with van der Waals surface area (Å²) in [4.78, 5) is 24.9. The maximum absolute atomic E-state index is 12.5. The molecule has 0 fully saturated rings. The highest BCUT2D eigenvalue weighted by Crippen LogP contribution is 2.16. The number of nitrogens with one attached hydrogen (secondary N) is 2. The van der Waals surface area contributed by atoms with Gasteiger partial charge in [0, 0.05) is 11.0 Å². The Kier molecular flexibility index (Phi) is 6.39. The summed E-state index contributed by atoms with van der Waals surface area (Å²) in [5.41, 5.74) is 2.87. The van der Waals surface area contributed by atoms with Crippen molar-refractivity contribution in [2.75, 3.05) is 5.32 Å². The second-order valence-corrected chi connectivity index (χ2v) is 6.98. The first-order valence-electron chi connectivity index (χ1n) is 8.57. The summed E-state index contributed by atoms with van der Waals surface area (Å²) in [6.45, 7) is 0.431. The molecule has 0 saturated heterocycles. The average molecular weight is 423 g/mol. The Balaban J connectivity index is 1.65. The number of carbonyl (C=O) groups is 2. The molecule has 3 aromatic carbocycles. The fourth-order valence-electron chi connectivity index (χ4n) is 2.65. The predicted octanol–water partition coefficient (Wildman–Crippen LogP) is 4.56. The van der Waals surface area contributed by atoms with Crippen LogP contribution < -0.4 is 10.6 Å². The zero-order chi connectivity index (χ0) is 19.1. The molecule has 0 heterocycles. The monoisotopic (exact) mass is 422 g/mol. The van der Waals surface area contributed by atoms with E-state index in [1.165, 1.54) is 0 Å². The van der Waals surface area contributed by atoms with E-state index in [-0.39, 0.29) is 18.2 Å². The third kappa shape index (κ3) is 5.53. The Hall–Kier alpha value is -2.92. The lowest BCUT2D eigenvalue weighted by molar-refractivity contribution is -0.115. The SMILES string of the molecule is O=C(Cc1ccc(Br)cc1)Nc1ccccc1C(=O)NCc1ccccc1. The molecule has 27 heavy (non-hydrogen) atoms.